The van der Waals surface area contributed by atoms with Gasteiger partial charge in [0.15, 0.2) is 0 Å². The summed E-state index contributed by atoms with van der Waals surface area (Å²) in [6.45, 7) is 28.9. The molecule has 3 rings (SSSR count). The predicted molar refractivity (Wildman–Crippen MR) is 208 cm³/mol. The topological polar surface area (TPSA) is 114 Å². The number of carbonyl (C=O) groups is 1. The highest BCUT2D eigenvalue weighted by Crippen LogP contribution is 2.34. The maximum absolute atomic E-state index is 13.0. The Labute approximate surface area is 321 Å². The molecule has 14 heteroatoms. The molecule has 1 heterocycles. The summed E-state index contributed by atoms with van der Waals surface area (Å²) < 4.78 is 85.6. The minimum absolute atomic E-state index is 0.0515. The number of aliphatic hydroxyl groups excluding tert-OH is 1. The van der Waals surface area contributed by atoms with Crippen LogP contribution in [0.5, 0.6) is 11.5 Å². The monoisotopic (exact) mass is 792 g/mol. The number of hydrogen-bond donors (Lipinski definition) is 2. The van der Waals surface area contributed by atoms with Crippen LogP contribution >= 0.6 is 0 Å². The maximum Gasteiger partial charge on any atom is 0.423 e. The number of aliphatic hydroxyl groups is 1. The second-order valence-electron chi connectivity index (χ2n) is 16.6. The molecule has 0 aliphatic carbocycles. The van der Waals surface area contributed by atoms with Gasteiger partial charge in [0.1, 0.15) is 18.1 Å². The van der Waals surface area contributed by atoms with E-state index in [1.54, 1.807) is 32.9 Å². The van der Waals surface area contributed by atoms with E-state index in [0.29, 0.717) is 17.9 Å². The molecular weight excluding hydrogens is 729 g/mol. The van der Waals surface area contributed by atoms with E-state index in [9.17, 15) is 30.8 Å². The van der Waals surface area contributed by atoms with Crippen molar-refractivity contribution < 1.29 is 49.5 Å². The van der Waals surface area contributed by atoms with Crippen molar-refractivity contribution in [3.63, 3.8) is 0 Å². The van der Waals surface area contributed by atoms with E-state index in [0.717, 1.165) is 17.4 Å². The SMILES string of the molecule is C=CC(=O)NC(C)(C)C.CC(C)(C)N1CC1.CC(C)(C)OS(C)(=O)=O.CC(CO)COc1ccc(C(C)(C)c2ccc(OCC(F)C(F)(F)F)cc2)cc1. The van der Waals surface area contributed by atoms with Crippen LogP contribution in [-0.2, 0) is 24.5 Å². The maximum atomic E-state index is 13.0. The van der Waals surface area contributed by atoms with Gasteiger partial charge < -0.3 is 19.9 Å². The number of halogens is 4. The molecule has 1 saturated heterocycles. The van der Waals surface area contributed by atoms with Crippen molar-refractivity contribution in [3.05, 3.63) is 72.3 Å². The van der Waals surface area contributed by atoms with Gasteiger partial charge in [-0.15, -0.1) is 0 Å². The normalized spacial score (nSPS) is 14.7. The van der Waals surface area contributed by atoms with Crippen LogP contribution in [0.2, 0.25) is 0 Å². The van der Waals surface area contributed by atoms with E-state index in [-0.39, 0.29) is 35.1 Å². The molecule has 2 N–H and O–H groups in total. The molecule has 0 radical (unpaired) electrons. The summed E-state index contributed by atoms with van der Waals surface area (Å²) in [6, 6.07) is 14.2. The van der Waals surface area contributed by atoms with Crippen molar-refractivity contribution in [3.8, 4) is 11.5 Å². The Kier molecular flexibility index (Phi) is 19.9. The zero-order chi connectivity index (χ0) is 42.3. The van der Waals surface area contributed by atoms with Gasteiger partial charge in [-0.25, -0.2) is 4.39 Å². The summed E-state index contributed by atoms with van der Waals surface area (Å²) in [6.07, 6.45) is -5.63. The Bertz CT molecular complexity index is 1510. The number of carbonyl (C=O) groups excluding carboxylic acids is 1. The van der Waals surface area contributed by atoms with Gasteiger partial charge in [0, 0.05) is 42.1 Å². The van der Waals surface area contributed by atoms with Crippen molar-refractivity contribution in [2.75, 3.05) is 39.2 Å². The number of hydrogen-bond acceptors (Lipinski definition) is 8. The van der Waals surface area contributed by atoms with E-state index < -0.39 is 34.7 Å². The van der Waals surface area contributed by atoms with Gasteiger partial charge in [0.05, 0.1) is 18.5 Å². The average molecular weight is 793 g/mol. The fourth-order valence-corrected chi connectivity index (χ4v) is 5.16. The second kappa shape index (κ2) is 21.2. The summed E-state index contributed by atoms with van der Waals surface area (Å²) in [4.78, 5) is 13.0. The number of rotatable bonds is 11. The lowest BCUT2D eigenvalue weighted by molar-refractivity contribution is -0.187. The molecule has 1 fully saturated rings. The molecule has 1 amide bonds. The smallest absolute Gasteiger partial charge is 0.423 e. The van der Waals surface area contributed by atoms with E-state index in [1.807, 2.05) is 65.8 Å². The third kappa shape index (κ3) is 23.6. The Morgan fingerprint density at radius 1 is 0.852 bits per heavy atom. The fraction of sp³-hybridized carbons (Fsp3) is 0.625. The van der Waals surface area contributed by atoms with Crippen LogP contribution in [0.4, 0.5) is 17.6 Å². The Morgan fingerprint density at radius 2 is 1.26 bits per heavy atom. The fourth-order valence-electron chi connectivity index (χ4n) is 4.25. The first kappa shape index (κ1) is 50.8. The number of nitrogens with one attached hydrogen (secondary N) is 1. The van der Waals surface area contributed by atoms with E-state index >= 15 is 0 Å². The lowest BCUT2D eigenvalue weighted by atomic mass is 9.78. The van der Waals surface area contributed by atoms with Gasteiger partial charge in [-0.2, -0.15) is 21.6 Å². The van der Waals surface area contributed by atoms with Crippen LogP contribution in [0.1, 0.15) is 94.2 Å². The van der Waals surface area contributed by atoms with Crippen LogP contribution in [-0.4, -0.2) is 92.5 Å². The average Bonchev–Trinajstić information content (AvgIpc) is 3.87. The molecule has 1 aliphatic heterocycles. The molecular formula is C40H64F4N2O7S. The highest BCUT2D eigenvalue weighted by atomic mass is 32.2. The molecule has 2 aromatic rings. The quantitative estimate of drug-likeness (QED) is 0.101. The molecule has 0 aromatic heterocycles. The van der Waals surface area contributed by atoms with E-state index in [1.165, 1.54) is 31.3 Å². The first-order valence-corrected chi connectivity index (χ1v) is 19.5. The van der Waals surface area contributed by atoms with Crippen molar-refractivity contribution in [1.82, 2.24) is 10.2 Å². The van der Waals surface area contributed by atoms with Crippen molar-refractivity contribution in [2.24, 2.45) is 5.92 Å². The van der Waals surface area contributed by atoms with Gasteiger partial charge >= 0.3 is 6.18 Å². The molecule has 2 aromatic carbocycles. The first-order valence-electron chi connectivity index (χ1n) is 17.7. The summed E-state index contributed by atoms with van der Waals surface area (Å²) >= 11 is 0. The molecule has 0 bridgehead atoms. The van der Waals surface area contributed by atoms with Gasteiger partial charge in [-0.1, -0.05) is 51.6 Å². The number of nitrogens with zero attached hydrogens (tertiary/aromatic N) is 1. The summed E-state index contributed by atoms with van der Waals surface area (Å²) in [5.74, 6) is 0.815. The highest BCUT2D eigenvalue weighted by Gasteiger charge is 2.40. The Morgan fingerprint density at radius 3 is 1.48 bits per heavy atom. The van der Waals surface area contributed by atoms with Crippen LogP contribution < -0.4 is 14.8 Å². The van der Waals surface area contributed by atoms with Gasteiger partial charge in [-0.3, -0.25) is 13.9 Å². The van der Waals surface area contributed by atoms with E-state index in [2.05, 4.69) is 41.7 Å². The van der Waals surface area contributed by atoms with E-state index in [4.69, 9.17) is 14.6 Å². The van der Waals surface area contributed by atoms with Crippen molar-refractivity contribution in [1.29, 1.82) is 0 Å². The molecule has 2 unspecified atom stereocenters. The molecule has 9 nitrogen and oxygen atoms in total. The molecule has 54 heavy (non-hydrogen) atoms. The Balaban J connectivity index is 0.000000903. The molecule has 0 saturated carbocycles. The lowest BCUT2D eigenvalue weighted by Gasteiger charge is -2.26. The summed E-state index contributed by atoms with van der Waals surface area (Å²) in [5.41, 5.74) is 1.28. The summed E-state index contributed by atoms with van der Waals surface area (Å²) in [7, 11) is -3.28. The van der Waals surface area contributed by atoms with Crippen LogP contribution in [0.3, 0.4) is 0 Å². The van der Waals surface area contributed by atoms with Gasteiger partial charge in [0.2, 0.25) is 12.1 Å². The third-order valence-electron chi connectivity index (χ3n) is 7.23. The Hall–Kier alpha value is -3.20. The molecule has 0 spiro atoms. The lowest BCUT2D eigenvalue weighted by Crippen LogP contribution is -2.39. The molecule has 2 atom stereocenters. The van der Waals surface area contributed by atoms with Crippen molar-refractivity contribution in [2.45, 2.75) is 118 Å². The van der Waals surface area contributed by atoms with Crippen LogP contribution in [0.15, 0.2) is 61.2 Å². The van der Waals surface area contributed by atoms with Crippen LogP contribution in [0, 0.1) is 5.92 Å². The number of benzene rings is 2. The highest BCUT2D eigenvalue weighted by molar-refractivity contribution is 7.86. The zero-order valence-corrected chi connectivity index (χ0v) is 35.2. The number of amides is 1. The zero-order valence-electron chi connectivity index (χ0n) is 34.4. The first-order chi connectivity index (χ1) is 24.3. The summed E-state index contributed by atoms with van der Waals surface area (Å²) in [5, 5.41) is 11.8. The largest absolute Gasteiger partial charge is 0.493 e. The van der Waals surface area contributed by atoms with Crippen molar-refractivity contribution >= 4 is 16.0 Å². The molecule has 310 valence electrons. The third-order valence-corrected chi connectivity index (χ3v) is 8.03. The number of alkyl halides is 4. The minimum Gasteiger partial charge on any atom is -0.493 e. The second-order valence-corrected chi connectivity index (χ2v) is 18.2. The van der Waals surface area contributed by atoms with Gasteiger partial charge in [-0.05, 0) is 104 Å². The predicted octanol–water partition coefficient (Wildman–Crippen LogP) is 8.25. The van der Waals surface area contributed by atoms with Gasteiger partial charge in [0.25, 0.3) is 10.1 Å². The number of ether oxygens (including phenoxy) is 2. The molecule has 1 aliphatic rings. The standard InChI is InChI=1S/C22H26F4O3.C7H13NO.C6H13N.C5H12O3S/c1-15(12-27)13-28-18-8-4-16(5-9-18)21(2,3)17-6-10-19(11-7-17)29-14-20(23)22(24,25)26;1-5-6(9)8-7(2,3)4;1-6(2,3)7-4-5-7;1-5(2,3)8-9(4,6)7/h4-11,15,20,27H,12-14H2,1-3H3;5H,1H2,2-4H3,(H,8,9);4-5H2,1-3H3;1-4H3. The van der Waals surface area contributed by atoms with Crippen LogP contribution in [0.25, 0.3) is 0 Å². The minimum atomic E-state index is -4.92.